The number of aryl methyl sites for hydroxylation is 1. The van der Waals surface area contributed by atoms with Gasteiger partial charge in [-0.3, -0.25) is 9.36 Å². The van der Waals surface area contributed by atoms with Crippen molar-refractivity contribution in [3.8, 4) is 5.69 Å². The van der Waals surface area contributed by atoms with Crippen LogP contribution in [0.1, 0.15) is 19.0 Å². The minimum absolute atomic E-state index is 0.168. The van der Waals surface area contributed by atoms with Crippen LogP contribution in [0.5, 0.6) is 0 Å². The van der Waals surface area contributed by atoms with Crippen LogP contribution in [0.4, 0.5) is 4.39 Å². The summed E-state index contributed by atoms with van der Waals surface area (Å²) in [4.78, 5) is 12.9. The summed E-state index contributed by atoms with van der Waals surface area (Å²) in [6.07, 6.45) is 1.67. The number of hydrogen-bond acceptors (Lipinski definition) is 1. The predicted molar refractivity (Wildman–Crippen MR) is 88.5 cm³/mol. The van der Waals surface area contributed by atoms with Gasteiger partial charge in [0.15, 0.2) is 0 Å². The molecule has 0 saturated heterocycles. The van der Waals surface area contributed by atoms with Crippen molar-refractivity contribution in [2.24, 2.45) is 0 Å². The third-order valence-corrected chi connectivity index (χ3v) is 3.98. The number of benzene rings is 2. The van der Waals surface area contributed by atoms with Crippen molar-refractivity contribution in [3.05, 3.63) is 75.4 Å². The van der Waals surface area contributed by atoms with Crippen LogP contribution in [0.25, 0.3) is 16.5 Å². The third-order valence-electron chi connectivity index (χ3n) is 3.66. The van der Waals surface area contributed by atoms with Gasteiger partial charge in [0.1, 0.15) is 5.82 Å². The van der Waals surface area contributed by atoms with Crippen LogP contribution in [0.2, 0.25) is 5.02 Å². The highest BCUT2D eigenvalue weighted by molar-refractivity contribution is 6.35. The highest BCUT2D eigenvalue weighted by Crippen LogP contribution is 2.23. The first-order valence-corrected chi connectivity index (χ1v) is 7.58. The van der Waals surface area contributed by atoms with Gasteiger partial charge in [0.05, 0.1) is 10.4 Å². The van der Waals surface area contributed by atoms with Crippen molar-refractivity contribution in [2.75, 3.05) is 0 Å². The Morgan fingerprint density at radius 2 is 1.86 bits per heavy atom. The Balaban J connectivity index is 2.38. The van der Waals surface area contributed by atoms with Gasteiger partial charge in [-0.05, 0) is 48.2 Å². The average Bonchev–Trinajstić information content (AvgIpc) is 2.49. The van der Waals surface area contributed by atoms with Gasteiger partial charge in [-0.1, -0.05) is 37.1 Å². The van der Waals surface area contributed by atoms with Crippen LogP contribution in [-0.4, -0.2) is 4.57 Å². The Bertz CT molecular complexity index is 884. The van der Waals surface area contributed by atoms with Crippen molar-refractivity contribution in [2.45, 2.75) is 19.8 Å². The third kappa shape index (κ3) is 2.53. The predicted octanol–water partition coefficient (Wildman–Crippen LogP) is 4.74. The Hall–Kier alpha value is -2.13. The van der Waals surface area contributed by atoms with Crippen molar-refractivity contribution in [1.82, 2.24) is 4.57 Å². The molecule has 0 aliphatic heterocycles. The molecule has 22 heavy (non-hydrogen) atoms. The topological polar surface area (TPSA) is 22.0 Å². The Labute approximate surface area is 132 Å². The molecule has 0 radical (unpaired) electrons. The summed E-state index contributed by atoms with van der Waals surface area (Å²) in [5, 5.41) is 1.76. The Morgan fingerprint density at radius 1 is 1.14 bits per heavy atom. The summed E-state index contributed by atoms with van der Waals surface area (Å²) in [7, 11) is 0. The fraction of sp³-hybridized carbons (Fsp3) is 0.167. The van der Waals surface area contributed by atoms with E-state index < -0.39 is 0 Å². The fourth-order valence-electron chi connectivity index (χ4n) is 2.69. The van der Waals surface area contributed by atoms with Crippen LogP contribution in [-0.2, 0) is 6.42 Å². The van der Waals surface area contributed by atoms with E-state index in [1.54, 1.807) is 22.8 Å². The second-order valence-electron chi connectivity index (χ2n) is 5.21. The van der Waals surface area contributed by atoms with Crippen LogP contribution >= 0.6 is 11.6 Å². The van der Waals surface area contributed by atoms with E-state index in [1.807, 2.05) is 18.2 Å². The summed E-state index contributed by atoms with van der Waals surface area (Å²) >= 11 is 6.20. The molecule has 0 aliphatic carbocycles. The van der Waals surface area contributed by atoms with E-state index in [1.165, 1.54) is 12.1 Å². The van der Waals surface area contributed by atoms with Gasteiger partial charge >= 0.3 is 0 Å². The molecule has 3 rings (SSSR count). The van der Waals surface area contributed by atoms with Crippen molar-refractivity contribution < 1.29 is 4.39 Å². The monoisotopic (exact) mass is 315 g/mol. The van der Waals surface area contributed by atoms with Crippen LogP contribution in [0.15, 0.2) is 53.3 Å². The summed E-state index contributed by atoms with van der Waals surface area (Å²) in [5.74, 6) is -0.326. The maximum Gasteiger partial charge on any atom is 0.264 e. The maximum atomic E-state index is 13.2. The van der Waals surface area contributed by atoms with Gasteiger partial charge in [-0.2, -0.15) is 0 Å². The first-order chi connectivity index (χ1) is 10.6. The molecular weight excluding hydrogens is 301 g/mol. The molecule has 3 aromatic rings. The molecular formula is C18H15ClFNO. The molecule has 0 aliphatic rings. The number of aromatic nitrogens is 1. The van der Waals surface area contributed by atoms with Gasteiger partial charge in [-0.15, -0.1) is 0 Å². The summed E-state index contributed by atoms with van der Waals surface area (Å²) in [6.45, 7) is 2.06. The zero-order valence-corrected chi connectivity index (χ0v) is 12.9. The lowest BCUT2D eigenvalue weighted by Crippen LogP contribution is -2.22. The number of nitrogens with zero attached hydrogens (tertiary/aromatic N) is 1. The Morgan fingerprint density at radius 3 is 2.55 bits per heavy atom. The summed E-state index contributed by atoms with van der Waals surface area (Å²) in [5.41, 5.74) is 1.38. The zero-order valence-electron chi connectivity index (χ0n) is 12.1. The molecule has 1 aromatic heterocycles. The SMILES string of the molecule is CCCc1cc2cccc(Cl)c2c(=O)n1-c1ccc(F)cc1. The van der Waals surface area contributed by atoms with Crippen LogP contribution in [0.3, 0.4) is 0 Å². The number of halogens is 2. The molecule has 2 aromatic carbocycles. The largest absolute Gasteiger partial charge is 0.281 e. The molecule has 0 unspecified atom stereocenters. The first-order valence-electron chi connectivity index (χ1n) is 7.21. The van der Waals surface area contributed by atoms with E-state index in [4.69, 9.17) is 11.6 Å². The molecule has 2 nitrogen and oxygen atoms in total. The van der Waals surface area contributed by atoms with Crippen molar-refractivity contribution in [3.63, 3.8) is 0 Å². The lowest BCUT2D eigenvalue weighted by atomic mass is 10.1. The quantitative estimate of drug-likeness (QED) is 0.684. The van der Waals surface area contributed by atoms with Crippen LogP contribution in [0, 0.1) is 5.82 Å². The molecule has 0 saturated carbocycles. The lowest BCUT2D eigenvalue weighted by Gasteiger charge is -2.14. The normalized spacial score (nSPS) is 11.0. The second kappa shape index (κ2) is 5.93. The van der Waals surface area contributed by atoms with E-state index in [-0.39, 0.29) is 11.4 Å². The highest BCUT2D eigenvalue weighted by atomic mass is 35.5. The summed E-state index contributed by atoms with van der Waals surface area (Å²) in [6, 6.07) is 13.3. The smallest absolute Gasteiger partial charge is 0.264 e. The van der Waals surface area contributed by atoms with E-state index in [0.717, 1.165) is 23.9 Å². The number of rotatable bonds is 3. The molecule has 0 bridgehead atoms. The first kappa shape index (κ1) is 14.8. The minimum Gasteiger partial charge on any atom is -0.281 e. The van der Waals surface area contributed by atoms with Crippen LogP contribution < -0.4 is 5.56 Å². The molecule has 0 atom stereocenters. The lowest BCUT2D eigenvalue weighted by molar-refractivity contribution is 0.627. The molecule has 0 spiro atoms. The molecule has 0 amide bonds. The molecule has 4 heteroatoms. The highest BCUT2D eigenvalue weighted by Gasteiger charge is 2.12. The summed E-state index contributed by atoms with van der Waals surface area (Å²) < 4.78 is 14.8. The minimum atomic E-state index is -0.326. The fourth-order valence-corrected chi connectivity index (χ4v) is 2.95. The van der Waals surface area contributed by atoms with Gasteiger partial charge in [0.25, 0.3) is 5.56 Å². The van der Waals surface area contributed by atoms with E-state index in [9.17, 15) is 9.18 Å². The van der Waals surface area contributed by atoms with Crippen molar-refractivity contribution >= 4 is 22.4 Å². The van der Waals surface area contributed by atoms with Gasteiger partial charge in [-0.25, -0.2) is 4.39 Å². The number of hydrogen-bond donors (Lipinski definition) is 0. The van der Waals surface area contributed by atoms with Gasteiger partial charge in [0, 0.05) is 11.4 Å². The molecule has 112 valence electrons. The van der Waals surface area contributed by atoms with E-state index in [0.29, 0.717) is 16.1 Å². The van der Waals surface area contributed by atoms with Gasteiger partial charge in [0.2, 0.25) is 0 Å². The van der Waals surface area contributed by atoms with Crippen molar-refractivity contribution in [1.29, 1.82) is 0 Å². The molecule has 0 fully saturated rings. The van der Waals surface area contributed by atoms with E-state index in [2.05, 4.69) is 6.92 Å². The van der Waals surface area contributed by atoms with E-state index >= 15 is 0 Å². The standard InChI is InChI=1S/C18H15ClFNO/c1-2-4-15-11-12-5-3-6-16(19)17(12)18(22)21(15)14-9-7-13(20)8-10-14/h3,5-11H,2,4H2,1H3. The zero-order chi connectivity index (χ0) is 15.7. The molecule has 0 N–H and O–H groups in total. The Kier molecular flexibility index (Phi) is 3.99. The number of pyridine rings is 1. The second-order valence-corrected chi connectivity index (χ2v) is 5.61. The maximum absolute atomic E-state index is 13.2. The number of fused-ring (bicyclic) bond motifs is 1. The average molecular weight is 316 g/mol. The molecule has 1 heterocycles. The van der Waals surface area contributed by atoms with Gasteiger partial charge < -0.3 is 0 Å².